The molecule has 0 saturated heterocycles. The molecule has 1 aromatic heterocycles. The third kappa shape index (κ3) is 5.22. The molecule has 2 aromatic rings. The number of unbranched alkanes of at least 4 members (excludes halogenated alkanes) is 1. The number of rotatable bonds is 8. The van der Waals surface area contributed by atoms with Crippen LogP contribution in [0.15, 0.2) is 45.9 Å². The summed E-state index contributed by atoms with van der Waals surface area (Å²) < 4.78 is 31.9. The first kappa shape index (κ1) is 21.7. The van der Waals surface area contributed by atoms with E-state index in [1.807, 2.05) is 19.9 Å². The summed E-state index contributed by atoms with van der Waals surface area (Å²) in [6.45, 7) is 5.61. The minimum absolute atomic E-state index is 0.176. The van der Waals surface area contributed by atoms with Crippen LogP contribution in [0.4, 0.5) is 0 Å². The second-order valence-electron chi connectivity index (χ2n) is 6.64. The summed E-state index contributed by atoms with van der Waals surface area (Å²) in [6.07, 6.45) is 3.02. The molecule has 1 heterocycles. The Labute approximate surface area is 165 Å². The van der Waals surface area contributed by atoms with Crippen molar-refractivity contribution in [2.75, 3.05) is 13.1 Å². The van der Waals surface area contributed by atoms with Crippen LogP contribution < -0.4 is 10.6 Å². The molecule has 0 bridgehead atoms. The smallest absolute Gasteiger partial charge is 0.309 e. The highest BCUT2D eigenvalue weighted by Crippen LogP contribution is 2.31. The Balaban J connectivity index is 2.23. The average Bonchev–Trinajstić information content (AvgIpc) is 3.17. The summed E-state index contributed by atoms with van der Waals surface area (Å²) in [7, 11) is -3.86. The normalized spacial score (nSPS) is 12.4. The molecular weight excluding hydrogens is 380 g/mol. The summed E-state index contributed by atoms with van der Waals surface area (Å²) in [5, 5.41) is 3.78. The van der Waals surface area contributed by atoms with Gasteiger partial charge < -0.3 is 15.1 Å². The highest BCUT2D eigenvalue weighted by molar-refractivity contribution is 7.91. The topological polar surface area (TPSA) is 105 Å². The first-order valence-electron chi connectivity index (χ1n) is 9.18. The van der Waals surface area contributed by atoms with Crippen molar-refractivity contribution in [2.24, 2.45) is 0 Å². The first-order valence-corrected chi connectivity index (χ1v) is 10.7. The maximum absolute atomic E-state index is 13.3. The van der Waals surface area contributed by atoms with Crippen molar-refractivity contribution >= 4 is 21.7 Å². The number of furan rings is 1. The molecular formula is C20H26N2O5S. The second kappa shape index (κ2) is 9.54. The molecule has 0 aliphatic carbocycles. The van der Waals surface area contributed by atoms with E-state index in [9.17, 15) is 18.0 Å². The summed E-state index contributed by atoms with van der Waals surface area (Å²) in [6, 6.07) is 8.29. The number of amides is 2. The number of aryl methyl sites for hydroxylation is 2. The molecule has 0 fully saturated rings. The molecule has 0 spiro atoms. The Hall–Kier alpha value is -2.61. The van der Waals surface area contributed by atoms with Crippen LogP contribution in [0.3, 0.4) is 0 Å². The lowest BCUT2D eigenvalue weighted by Crippen LogP contribution is -2.42. The largest absolute Gasteiger partial charge is 0.468 e. The van der Waals surface area contributed by atoms with Gasteiger partial charge in [-0.2, -0.15) is 0 Å². The number of benzene rings is 1. The summed E-state index contributed by atoms with van der Waals surface area (Å²) in [5.74, 6) is -1.45. The van der Waals surface area contributed by atoms with Gasteiger partial charge in [0.15, 0.2) is 9.84 Å². The number of carbonyl (C=O) groups excluding carboxylic acids is 2. The summed E-state index contributed by atoms with van der Waals surface area (Å²) in [5.41, 5.74) is 1.41. The van der Waals surface area contributed by atoms with Crippen LogP contribution in [-0.4, -0.2) is 33.3 Å². The molecule has 152 valence electrons. The number of carbonyl (C=O) groups is 2. The van der Waals surface area contributed by atoms with E-state index in [0.29, 0.717) is 12.1 Å². The molecule has 2 N–H and O–H groups in total. The van der Waals surface area contributed by atoms with Crippen molar-refractivity contribution in [3.63, 3.8) is 0 Å². The van der Waals surface area contributed by atoms with Crippen LogP contribution in [0.5, 0.6) is 0 Å². The number of sulfone groups is 1. The highest BCUT2D eigenvalue weighted by Gasteiger charge is 2.33. The maximum Gasteiger partial charge on any atom is 0.309 e. The Kier molecular flexibility index (Phi) is 7.39. The minimum atomic E-state index is -3.86. The van der Waals surface area contributed by atoms with Crippen molar-refractivity contribution in [3.05, 3.63) is 53.5 Å². The van der Waals surface area contributed by atoms with Crippen LogP contribution in [0, 0.1) is 13.8 Å². The molecule has 2 amide bonds. The highest BCUT2D eigenvalue weighted by atomic mass is 32.2. The number of hydrogen-bond donors (Lipinski definition) is 2. The van der Waals surface area contributed by atoms with Gasteiger partial charge in [-0.05, 0) is 49.6 Å². The molecule has 0 aliphatic heterocycles. The van der Waals surface area contributed by atoms with Crippen LogP contribution >= 0.6 is 0 Å². The molecule has 7 nitrogen and oxygen atoms in total. The average molecular weight is 407 g/mol. The predicted molar refractivity (Wildman–Crippen MR) is 105 cm³/mol. The van der Waals surface area contributed by atoms with Crippen molar-refractivity contribution in [1.82, 2.24) is 10.6 Å². The van der Waals surface area contributed by atoms with Crippen molar-refractivity contribution in [1.29, 1.82) is 0 Å². The van der Waals surface area contributed by atoms with Gasteiger partial charge in [0, 0.05) is 13.1 Å². The molecule has 0 aliphatic rings. The fourth-order valence-corrected chi connectivity index (χ4v) is 4.65. The van der Waals surface area contributed by atoms with Gasteiger partial charge in [-0.15, -0.1) is 0 Å². The molecule has 0 radical (unpaired) electrons. The van der Waals surface area contributed by atoms with Crippen LogP contribution in [0.1, 0.15) is 41.9 Å². The second-order valence-corrected chi connectivity index (χ2v) is 8.74. The van der Waals surface area contributed by atoms with E-state index in [-0.39, 0.29) is 17.2 Å². The van der Waals surface area contributed by atoms with Crippen LogP contribution in [0.25, 0.3) is 0 Å². The van der Waals surface area contributed by atoms with Gasteiger partial charge in [-0.25, -0.2) is 8.42 Å². The zero-order valence-corrected chi connectivity index (χ0v) is 17.1. The van der Waals surface area contributed by atoms with Gasteiger partial charge in [0.25, 0.3) is 0 Å². The Bertz CT molecular complexity index is 920. The number of hydrogen-bond acceptors (Lipinski definition) is 5. The van der Waals surface area contributed by atoms with Gasteiger partial charge in [-0.3, -0.25) is 9.59 Å². The number of nitrogens with one attached hydrogen (secondary N) is 2. The zero-order chi connectivity index (χ0) is 20.7. The molecule has 1 atom stereocenters. The quantitative estimate of drug-likeness (QED) is 0.517. The summed E-state index contributed by atoms with van der Waals surface area (Å²) in [4.78, 5) is 24.1. The Morgan fingerprint density at radius 2 is 1.82 bits per heavy atom. The first-order chi connectivity index (χ1) is 13.3. The van der Waals surface area contributed by atoms with E-state index in [4.69, 9.17) is 4.42 Å². The lowest BCUT2D eigenvalue weighted by atomic mass is 10.2. The molecule has 2 rings (SSSR count). The Morgan fingerprint density at radius 1 is 1.11 bits per heavy atom. The van der Waals surface area contributed by atoms with Gasteiger partial charge in [0.1, 0.15) is 11.0 Å². The van der Waals surface area contributed by atoms with E-state index in [1.54, 1.807) is 31.2 Å². The molecule has 28 heavy (non-hydrogen) atoms. The van der Waals surface area contributed by atoms with Crippen LogP contribution in [-0.2, 0) is 19.4 Å². The molecule has 8 heteroatoms. The zero-order valence-electron chi connectivity index (χ0n) is 16.3. The minimum Gasteiger partial charge on any atom is -0.468 e. The lowest BCUT2D eigenvalue weighted by molar-refractivity contribution is -0.139. The molecule has 0 unspecified atom stereocenters. The van der Waals surface area contributed by atoms with E-state index in [2.05, 4.69) is 10.6 Å². The standard InChI is InChI=1S/C20H26N2O5S/c1-4-5-10-21-19(23)20(24)22-13-18(16-7-6-11-27-16)28(25,26)17-12-14(2)8-9-15(17)3/h6-9,11-12,18H,4-5,10,13H2,1-3H3,(H,21,23)(H,22,24)/t18-/m0/s1. The van der Waals surface area contributed by atoms with Crippen molar-refractivity contribution in [2.45, 2.75) is 43.8 Å². The van der Waals surface area contributed by atoms with E-state index < -0.39 is 26.9 Å². The lowest BCUT2D eigenvalue weighted by Gasteiger charge is -2.18. The monoisotopic (exact) mass is 406 g/mol. The predicted octanol–water partition coefficient (Wildman–Crippen LogP) is 2.44. The maximum atomic E-state index is 13.3. The fraction of sp³-hybridized carbons (Fsp3) is 0.400. The Morgan fingerprint density at radius 3 is 2.46 bits per heavy atom. The van der Waals surface area contributed by atoms with Crippen molar-refractivity contribution in [3.8, 4) is 0 Å². The van der Waals surface area contributed by atoms with Gasteiger partial charge in [0.2, 0.25) is 0 Å². The van der Waals surface area contributed by atoms with E-state index in [0.717, 1.165) is 18.4 Å². The van der Waals surface area contributed by atoms with Gasteiger partial charge in [-0.1, -0.05) is 25.5 Å². The third-order valence-corrected chi connectivity index (χ3v) is 6.56. The summed E-state index contributed by atoms with van der Waals surface area (Å²) >= 11 is 0. The fourth-order valence-electron chi connectivity index (χ4n) is 2.73. The van der Waals surface area contributed by atoms with Gasteiger partial charge >= 0.3 is 11.8 Å². The third-order valence-electron chi connectivity index (χ3n) is 4.36. The van der Waals surface area contributed by atoms with E-state index in [1.165, 1.54) is 6.26 Å². The molecule has 0 saturated carbocycles. The van der Waals surface area contributed by atoms with E-state index >= 15 is 0 Å². The van der Waals surface area contributed by atoms with Crippen molar-refractivity contribution < 1.29 is 22.4 Å². The molecule has 1 aromatic carbocycles. The van der Waals surface area contributed by atoms with Gasteiger partial charge in [0.05, 0.1) is 11.2 Å². The van der Waals surface area contributed by atoms with Crippen LogP contribution in [0.2, 0.25) is 0 Å². The SMILES string of the molecule is CCCCNC(=O)C(=O)NC[C@@H](c1ccco1)S(=O)(=O)c1cc(C)ccc1C.